The largest absolute Gasteiger partial charge is 0.352 e. The summed E-state index contributed by atoms with van der Waals surface area (Å²) in [6.07, 6.45) is 12.6. The van der Waals surface area contributed by atoms with E-state index < -0.39 is 0 Å². The first-order chi connectivity index (χ1) is 11.3. The molecule has 2 heterocycles. The molecule has 4 nitrogen and oxygen atoms in total. The van der Waals surface area contributed by atoms with Crippen LogP contribution in [0.1, 0.15) is 50.1 Å². The van der Waals surface area contributed by atoms with Crippen LogP contribution in [0.3, 0.4) is 0 Å². The number of likely N-dealkylation sites (tertiary alicyclic amines) is 1. The molecule has 2 atom stereocenters. The molecule has 124 valence electrons. The van der Waals surface area contributed by atoms with Crippen molar-refractivity contribution in [1.82, 2.24) is 15.2 Å². The molecule has 0 bridgehead atoms. The van der Waals surface area contributed by atoms with E-state index in [4.69, 9.17) is 0 Å². The molecule has 1 aliphatic heterocycles. The van der Waals surface area contributed by atoms with Crippen LogP contribution in [-0.2, 0) is 4.79 Å². The minimum absolute atomic E-state index is 0.145. The van der Waals surface area contributed by atoms with Gasteiger partial charge in [-0.2, -0.15) is 0 Å². The van der Waals surface area contributed by atoms with Gasteiger partial charge in [-0.05, 0) is 63.2 Å². The Balaban J connectivity index is 1.60. The summed E-state index contributed by atoms with van der Waals surface area (Å²) in [6, 6.07) is 4.49. The molecule has 0 radical (unpaired) electrons. The number of amides is 1. The first-order valence-electron chi connectivity index (χ1n) is 8.83. The third-order valence-electron chi connectivity index (χ3n) is 5.16. The Morgan fingerprint density at radius 2 is 2.30 bits per heavy atom. The topological polar surface area (TPSA) is 45.2 Å². The van der Waals surface area contributed by atoms with Gasteiger partial charge in [0.15, 0.2) is 0 Å². The molecule has 1 N–H and O–H groups in total. The molecule has 2 aliphatic rings. The van der Waals surface area contributed by atoms with Gasteiger partial charge in [0.2, 0.25) is 5.91 Å². The number of carbonyl (C=O) groups excluding carboxylic acids is 1. The molecular formula is C19H27N3O. The summed E-state index contributed by atoms with van der Waals surface area (Å²) in [6.45, 7) is 1.82. The van der Waals surface area contributed by atoms with Crippen LogP contribution in [-0.4, -0.2) is 35.9 Å². The van der Waals surface area contributed by atoms with Gasteiger partial charge in [0.25, 0.3) is 0 Å². The summed E-state index contributed by atoms with van der Waals surface area (Å²) in [7, 11) is 2.16. The SMILES string of the molecule is CN1CC[C@@H](CNC(=O)C2=CCCCCC2)[C@@H]1c1cccnc1. The molecule has 0 unspecified atom stereocenters. The van der Waals surface area contributed by atoms with E-state index in [1.54, 1.807) is 0 Å². The Bertz CT molecular complexity index is 555. The molecule has 0 aromatic carbocycles. The van der Waals surface area contributed by atoms with E-state index in [0.717, 1.165) is 44.3 Å². The molecule has 1 aliphatic carbocycles. The quantitative estimate of drug-likeness (QED) is 0.929. The van der Waals surface area contributed by atoms with Crippen molar-refractivity contribution in [3.05, 3.63) is 41.7 Å². The minimum Gasteiger partial charge on any atom is -0.352 e. The molecule has 1 saturated heterocycles. The predicted molar refractivity (Wildman–Crippen MR) is 91.9 cm³/mol. The second kappa shape index (κ2) is 7.73. The van der Waals surface area contributed by atoms with Crippen molar-refractivity contribution in [2.75, 3.05) is 20.1 Å². The van der Waals surface area contributed by atoms with Crippen LogP contribution in [0.2, 0.25) is 0 Å². The van der Waals surface area contributed by atoms with Gasteiger partial charge in [0.1, 0.15) is 0 Å². The van der Waals surface area contributed by atoms with Gasteiger partial charge in [-0.3, -0.25) is 14.7 Å². The lowest BCUT2D eigenvalue weighted by atomic mass is 9.94. The fourth-order valence-electron chi connectivity index (χ4n) is 3.88. The van der Waals surface area contributed by atoms with Crippen LogP contribution >= 0.6 is 0 Å². The van der Waals surface area contributed by atoms with Crippen molar-refractivity contribution < 1.29 is 4.79 Å². The lowest BCUT2D eigenvalue weighted by Crippen LogP contribution is -2.33. The Morgan fingerprint density at radius 3 is 3.13 bits per heavy atom. The van der Waals surface area contributed by atoms with Crippen LogP contribution in [0, 0.1) is 5.92 Å². The van der Waals surface area contributed by atoms with Gasteiger partial charge in [0.05, 0.1) is 0 Å². The minimum atomic E-state index is 0.145. The third-order valence-corrected chi connectivity index (χ3v) is 5.16. The smallest absolute Gasteiger partial charge is 0.246 e. The zero-order valence-corrected chi connectivity index (χ0v) is 14.0. The number of rotatable bonds is 4. The Labute approximate surface area is 139 Å². The predicted octanol–water partition coefficient (Wildman–Crippen LogP) is 3.08. The normalized spacial score (nSPS) is 25.7. The number of pyridine rings is 1. The van der Waals surface area contributed by atoms with E-state index in [1.165, 1.54) is 18.4 Å². The summed E-state index contributed by atoms with van der Waals surface area (Å²) in [5.74, 6) is 0.603. The van der Waals surface area contributed by atoms with Gasteiger partial charge in [-0.25, -0.2) is 0 Å². The first-order valence-corrected chi connectivity index (χ1v) is 8.83. The molecule has 3 rings (SSSR count). The van der Waals surface area contributed by atoms with Gasteiger partial charge < -0.3 is 5.32 Å². The van der Waals surface area contributed by atoms with Crippen LogP contribution in [0.4, 0.5) is 0 Å². The number of hydrogen-bond donors (Lipinski definition) is 1. The number of nitrogens with zero attached hydrogens (tertiary/aromatic N) is 2. The van der Waals surface area contributed by atoms with Crippen molar-refractivity contribution in [2.24, 2.45) is 5.92 Å². The fourth-order valence-corrected chi connectivity index (χ4v) is 3.88. The number of nitrogens with one attached hydrogen (secondary N) is 1. The summed E-state index contributed by atoms with van der Waals surface area (Å²) < 4.78 is 0. The standard InChI is InChI=1S/C19H27N3O/c1-22-12-10-17(18(22)16-9-6-11-20-13-16)14-21-19(23)15-7-4-2-3-5-8-15/h6-7,9,11,13,17-18H,2-5,8,10,12,14H2,1H3,(H,21,23)/t17-,18-/m0/s1. The van der Waals surface area contributed by atoms with Crippen LogP contribution < -0.4 is 5.32 Å². The molecule has 1 fully saturated rings. The number of hydrogen-bond acceptors (Lipinski definition) is 3. The van der Waals surface area contributed by atoms with Crippen LogP contribution in [0.5, 0.6) is 0 Å². The van der Waals surface area contributed by atoms with Crippen molar-refractivity contribution in [3.63, 3.8) is 0 Å². The van der Waals surface area contributed by atoms with E-state index in [0.29, 0.717) is 12.0 Å². The number of allylic oxidation sites excluding steroid dienone is 1. The van der Waals surface area contributed by atoms with Crippen molar-refractivity contribution in [3.8, 4) is 0 Å². The summed E-state index contributed by atoms with van der Waals surface area (Å²) in [5, 5.41) is 3.19. The maximum atomic E-state index is 12.4. The maximum absolute atomic E-state index is 12.4. The summed E-state index contributed by atoms with van der Waals surface area (Å²) in [5.41, 5.74) is 2.24. The molecule has 4 heteroatoms. The van der Waals surface area contributed by atoms with Crippen molar-refractivity contribution in [1.29, 1.82) is 0 Å². The van der Waals surface area contributed by atoms with Gasteiger partial charge in [0, 0.05) is 30.6 Å². The fraction of sp³-hybridized carbons (Fsp3) is 0.579. The van der Waals surface area contributed by atoms with Crippen molar-refractivity contribution >= 4 is 5.91 Å². The summed E-state index contributed by atoms with van der Waals surface area (Å²) >= 11 is 0. The molecule has 1 aromatic rings. The highest BCUT2D eigenvalue weighted by molar-refractivity contribution is 5.93. The van der Waals surface area contributed by atoms with Gasteiger partial charge in [-0.1, -0.05) is 18.6 Å². The highest BCUT2D eigenvalue weighted by atomic mass is 16.1. The van der Waals surface area contributed by atoms with Gasteiger partial charge in [-0.15, -0.1) is 0 Å². The Morgan fingerprint density at radius 1 is 1.39 bits per heavy atom. The van der Waals surface area contributed by atoms with E-state index >= 15 is 0 Å². The zero-order valence-electron chi connectivity index (χ0n) is 14.0. The molecule has 1 aromatic heterocycles. The first kappa shape index (κ1) is 16.2. The Hall–Kier alpha value is -1.68. The lowest BCUT2D eigenvalue weighted by molar-refractivity contribution is -0.117. The zero-order chi connectivity index (χ0) is 16.1. The van der Waals surface area contributed by atoms with Crippen LogP contribution in [0.25, 0.3) is 0 Å². The monoisotopic (exact) mass is 313 g/mol. The molecule has 0 spiro atoms. The molecule has 23 heavy (non-hydrogen) atoms. The van der Waals surface area contributed by atoms with Crippen molar-refractivity contribution in [2.45, 2.75) is 44.6 Å². The highest BCUT2D eigenvalue weighted by Crippen LogP contribution is 2.35. The summed E-state index contributed by atoms with van der Waals surface area (Å²) in [4.78, 5) is 19.1. The van der Waals surface area contributed by atoms with E-state index in [9.17, 15) is 4.79 Å². The molecule has 1 amide bonds. The van der Waals surface area contributed by atoms with E-state index in [-0.39, 0.29) is 5.91 Å². The average molecular weight is 313 g/mol. The number of aromatic nitrogens is 1. The average Bonchev–Trinajstić information content (AvgIpc) is 2.78. The van der Waals surface area contributed by atoms with E-state index in [2.05, 4.69) is 34.4 Å². The Kier molecular flexibility index (Phi) is 5.44. The second-order valence-electron chi connectivity index (χ2n) is 6.80. The molecular weight excluding hydrogens is 286 g/mol. The lowest BCUT2D eigenvalue weighted by Gasteiger charge is -2.25. The second-order valence-corrected chi connectivity index (χ2v) is 6.80. The molecule has 0 saturated carbocycles. The highest BCUT2D eigenvalue weighted by Gasteiger charge is 2.33. The third kappa shape index (κ3) is 3.99. The van der Waals surface area contributed by atoms with Gasteiger partial charge >= 0.3 is 0 Å². The number of carbonyl (C=O) groups is 1. The van der Waals surface area contributed by atoms with Crippen LogP contribution in [0.15, 0.2) is 36.2 Å². The maximum Gasteiger partial charge on any atom is 0.246 e. The van der Waals surface area contributed by atoms with E-state index in [1.807, 2.05) is 18.5 Å².